The predicted molar refractivity (Wildman–Crippen MR) is 134 cm³/mol. The van der Waals surface area contributed by atoms with E-state index in [9.17, 15) is 9.59 Å². The summed E-state index contributed by atoms with van der Waals surface area (Å²) in [6.07, 6.45) is 1.65. The lowest BCUT2D eigenvalue weighted by Crippen LogP contribution is -2.41. The van der Waals surface area contributed by atoms with E-state index in [1.165, 1.54) is 25.6 Å². The minimum absolute atomic E-state index is 0.130. The van der Waals surface area contributed by atoms with Crippen molar-refractivity contribution in [2.24, 2.45) is 0 Å². The molecule has 178 valence electrons. The summed E-state index contributed by atoms with van der Waals surface area (Å²) in [5.41, 5.74) is 1.48. The molecule has 1 atom stereocenters. The Hall–Kier alpha value is -3.78. The van der Waals surface area contributed by atoms with Crippen molar-refractivity contribution in [1.82, 2.24) is 10.6 Å². The second-order valence-electron chi connectivity index (χ2n) is 7.55. The molecule has 3 rings (SSSR count). The molecule has 34 heavy (non-hydrogen) atoms. The third kappa shape index (κ3) is 6.62. The maximum Gasteiger partial charge on any atom is 0.268 e. The molecular formula is C26H28N2O5S. The third-order valence-electron chi connectivity index (χ3n) is 4.93. The molecule has 2 amide bonds. The van der Waals surface area contributed by atoms with Gasteiger partial charge in [-0.1, -0.05) is 24.3 Å². The van der Waals surface area contributed by atoms with Crippen molar-refractivity contribution < 1.29 is 23.8 Å². The maximum atomic E-state index is 13.1. The van der Waals surface area contributed by atoms with Crippen molar-refractivity contribution in [3.8, 4) is 17.2 Å². The van der Waals surface area contributed by atoms with Gasteiger partial charge in [-0.05, 0) is 61.2 Å². The average molecular weight is 481 g/mol. The van der Waals surface area contributed by atoms with Crippen LogP contribution < -0.4 is 24.8 Å². The number of para-hydroxylation sites is 1. The number of amides is 2. The number of hydrogen-bond donors (Lipinski definition) is 2. The number of ether oxygens (including phenoxy) is 3. The lowest BCUT2D eigenvalue weighted by molar-refractivity contribution is -0.118. The molecule has 0 fully saturated rings. The second kappa shape index (κ2) is 11.9. The van der Waals surface area contributed by atoms with Crippen LogP contribution in [-0.2, 0) is 4.79 Å². The van der Waals surface area contributed by atoms with Crippen LogP contribution in [0, 0.1) is 6.92 Å². The van der Waals surface area contributed by atoms with E-state index in [0.717, 1.165) is 16.2 Å². The van der Waals surface area contributed by atoms with E-state index in [1.807, 2.05) is 55.6 Å². The molecule has 2 aromatic carbocycles. The molecule has 0 radical (unpaired) electrons. The molecule has 0 bridgehead atoms. The van der Waals surface area contributed by atoms with Gasteiger partial charge in [0, 0.05) is 10.4 Å². The van der Waals surface area contributed by atoms with Crippen molar-refractivity contribution in [3.63, 3.8) is 0 Å². The number of methoxy groups -OCH3 is 2. The number of carbonyl (C=O) groups is 2. The quantitative estimate of drug-likeness (QED) is 0.420. The van der Waals surface area contributed by atoms with E-state index in [4.69, 9.17) is 14.2 Å². The van der Waals surface area contributed by atoms with Gasteiger partial charge in [-0.3, -0.25) is 9.59 Å². The number of nitrogens with one attached hydrogen (secondary N) is 2. The molecule has 0 aliphatic carbocycles. The Morgan fingerprint density at radius 2 is 1.76 bits per heavy atom. The molecule has 0 saturated carbocycles. The van der Waals surface area contributed by atoms with Crippen molar-refractivity contribution in [1.29, 1.82) is 0 Å². The summed E-state index contributed by atoms with van der Waals surface area (Å²) in [6.45, 7) is 4.09. The predicted octanol–water partition coefficient (Wildman–Crippen LogP) is 4.43. The second-order valence-corrected chi connectivity index (χ2v) is 8.53. The fraction of sp³-hybridized carbons (Fsp3) is 0.231. The normalized spacial score (nSPS) is 11.9. The first-order valence-corrected chi connectivity index (χ1v) is 11.6. The first kappa shape index (κ1) is 24.9. The monoisotopic (exact) mass is 480 g/mol. The summed E-state index contributed by atoms with van der Waals surface area (Å²) >= 11 is 1.46. The molecule has 7 nitrogen and oxygen atoms in total. The molecule has 2 N–H and O–H groups in total. The largest absolute Gasteiger partial charge is 0.493 e. The van der Waals surface area contributed by atoms with Crippen LogP contribution in [-0.4, -0.2) is 38.7 Å². The van der Waals surface area contributed by atoms with Gasteiger partial charge in [0.2, 0.25) is 0 Å². The molecule has 8 heteroatoms. The van der Waals surface area contributed by atoms with Crippen LogP contribution in [0.1, 0.15) is 27.7 Å². The van der Waals surface area contributed by atoms with Gasteiger partial charge in [-0.15, -0.1) is 11.3 Å². The SMILES string of the molecule is COc1ccc(C(=O)N/C(=C\c2cccs2)C(=O)NC(C)COc2ccccc2C)cc1OC. The van der Waals surface area contributed by atoms with Gasteiger partial charge in [-0.2, -0.15) is 0 Å². The van der Waals surface area contributed by atoms with Crippen molar-refractivity contribution >= 4 is 29.2 Å². The highest BCUT2D eigenvalue weighted by Crippen LogP contribution is 2.27. The minimum Gasteiger partial charge on any atom is -0.493 e. The number of thiophene rings is 1. The number of benzene rings is 2. The summed E-state index contributed by atoms with van der Waals surface area (Å²) < 4.78 is 16.3. The van der Waals surface area contributed by atoms with Crippen molar-refractivity contribution in [3.05, 3.63) is 81.7 Å². The van der Waals surface area contributed by atoms with Gasteiger partial charge in [-0.25, -0.2) is 0 Å². The summed E-state index contributed by atoms with van der Waals surface area (Å²) in [5.74, 6) is 0.838. The van der Waals surface area contributed by atoms with Crippen molar-refractivity contribution in [2.75, 3.05) is 20.8 Å². The first-order valence-electron chi connectivity index (χ1n) is 10.7. The maximum absolute atomic E-state index is 13.1. The van der Waals surface area contributed by atoms with Crippen LogP contribution in [0.15, 0.2) is 65.7 Å². The van der Waals surface area contributed by atoms with Gasteiger partial charge in [0.1, 0.15) is 18.1 Å². The summed E-state index contributed by atoms with van der Waals surface area (Å²) in [5, 5.41) is 7.52. The zero-order chi connectivity index (χ0) is 24.5. The van der Waals surface area contributed by atoms with Gasteiger partial charge >= 0.3 is 0 Å². The summed E-state index contributed by atoms with van der Waals surface area (Å²) in [4.78, 5) is 26.8. The Labute approximate surface area is 203 Å². The Balaban J connectivity index is 1.72. The topological polar surface area (TPSA) is 85.9 Å². The number of aryl methyl sites for hydroxylation is 1. The lowest BCUT2D eigenvalue weighted by atomic mass is 10.1. The first-order chi connectivity index (χ1) is 16.4. The fourth-order valence-electron chi connectivity index (χ4n) is 3.12. The third-order valence-corrected chi connectivity index (χ3v) is 5.75. The Bertz CT molecular complexity index is 1160. The number of hydrogen-bond acceptors (Lipinski definition) is 6. The Kier molecular flexibility index (Phi) is 8.70. The van der Waals surface area contributed by atoms with Crippen LogP contribution in [0.5, 0.6) is 17.2 Å². The van der Waals surface area contributed by atoms with Crippen LogP contribution in [0.2, 0.25) is 0 Å². The standard InChI is InChI=1S/C26H28N2O5S/c1-17-8-5-6-10-22(17)33-16-18(2)27-26(30)21(15-20-9-7-13-34-20)28-25(29)19-11-12-23(31-3)24(14-19)32-4/h5-15,18H,16H2,1-4H3,(H,27,30)(H,28,29)/b21-15-. The van der Waals surface area contributed by atoms with Crippen LogP contribution in [0.3, 0.4) is 0 Å². The molecule has 0 aliphatic heterocycles. The highest BCUT2D eigenvalue weighted by molar-refractivity contribution is 7.10. The number of rotatable bonds is 10. The lowest BCUT2D eigenvalue weighted by Gasteiger charge is -2.18. The van der Waals surface area contributed by atoms with Gasteiger partial charge < -0.3 is 24.8 Å². The Morgan fingerprint density at radius 1 is 1.00 bits per heavy atom. The van der Waals surface area contributed by atoms with E-state index < -0.39 is 11.8 Å². The Morgan fingerprint density at radius 3 is 2.44 bits per heavy atom. The van der Waals surface area contributed by atoms with Gasteiger partial charge in [0.05, 0.1) is 20.3 Å². The van der Waals surface area contributed by atoms with E-state index in [0.29, 0.717) is 17.1 Å². The van der Waals surface area contributed by atoms with E-state index in [1.54, 1.807) is 24.3 Å². The molecule has 1 heterocycles. The van der Waals surface area contributed by atoms with Gasteiger partial charge in [0.15, 0.2) is 11.5 Å². The molecule has 1 aromatic heterocycles. The zero-order valence-electron chi connectivity index (χ0n) is 19.6. The molecule has 0 aliphatic rings. The molecule has 3 aromatic rings. The molecule has 1 unspecified atom stereocenters. The summed E-state index contributed by atoms with van der Waals surface area (Å²) in [7, 11) is 3.02. The van der Waals surface area contributed by atoms with E-state index in [2.05, 4.69) is 10.6 Å². The zero-order valence-corrected chi connectivity index (χ0v) is 20.4. The van der Waals surface area contributed by atoms with E-state index >= 15 is 0 Å². The fourth-order valence-corrected chi connectivity index (χ4v) is 3.78. The average Bonchev–Trinajstić information content (AvgIpc) is 3.35. The smallest absolute Gasteiger partial charge is 0.268 e. The molecule has 0 saturated heterocycles. The van der Waals surface area contributed by atoms with Gasteiger partial charge in [0.25, 0.3) is 11.8 Å². The highest BCUT2D eigenvalue weighted by atomic mass is 32.1. The highest BCUT2D eigenvalue weighted by Gasteiger charge is 2.18. The van der Waals surface area contributed by atoms with Crippen LogP contribution in [0.25, 0.3) is 6.08 Å². The van der Waals surface area contributed by atoms with Crippen molar-refractivity contribution in [2.45, 2.75) is 19.9 Å². The number of carbonyl (C=O) groups excluding carboxylic acids is 2. The molecule has 0 spiro atoms. The van der Waals surface area contributed by atoms with Crippen LogP contribution in [0.4, 0.5) is 0 Å². The minimum atomic E-state index is -0.442. The van der Waals surface area contributed by atoms with E-state index in [-0.39, 0.29) is 18.3 Å². The molecular weight excluding hydrogens is 452 g/mol. The van der Waals surface area contributed by atoms with Crippen LogP contribution >= 0.6 is 11.3 Å². The summed E-state index contributed by atoms with van der Waals surface area (Å²) in [6, 6.07) is 15.9.